The Hall–Kier alpha value is -2.35. The first-order chi connectivity index (χ1) is 11.8. The number of sulfonamides is 1. The number of anilines is 1. The molecule has 2 aromatic carbocycles. The molecule has 4 rings (SSSR count). The predicted molar refractivity (Wildman–Crippen MR) is 96.3 cm³/mol. The van der Waals surface area contributed by atoms with Crippen LogP contribution in [0.1, 0.15) is 5.56 Å². The molecule has 126 valence electrons. The molecular formula is C16H8Cl2N2O4S. The maximum absolute atomic E-state index is 12.3. The second-order valence-electron chi connectivity index (χ2n) is 5.29. The lowest BCUT2D eigenvalue weighted by atomic mass is 10.1. The van der Waals surface area contributed by atoms with Crippen LogP contribution in [0.4, 0.5) is 5.69 Å². The van der Waals surface area contributed by atoms with Gasteiger partial charge in [-0.1, -0.05) is 35.3 Å². The van der Waals surface area contributed by atoms with Gasteiger partial charge in [-0.15, -0.1) is 4.40 Å². The standard InChI is InChI=1S/C16H8Cl2N2O4S/c17-9-5-8-6-10(16(21)24-14(8)11(18)7-9)15-19-12-3-1-2-4-13(12)25(22,23)20-15/h1-7H,(H,19,20). The molecule has 0 spiro atoms. The van der Waals surface area contributed by atoms with Crippen LogP contribution in [0.3, 0.4) is 0 Å². The van der Waals surface area contributed by atoms with E-state index < -0.39 is 15.6 Å². The summed E-state index contributed by atoms with van der Waals surface area (Å²) in [4.78, 5) is 12.4. The summed E-state index contributed by atoms with van der Waals surface area (Å²) in [6.07, 6.45) is 0. The van der Waals surface area contributed by atoms with Crippen LogP contribution in [-0.2, 0) is 10.0 Å². The fourth-order valence-corrected chi connectivity index (χ4v) is 4.23. The average molecular weight is 395 g/mol. The van der Waals surface area contributed by atoms with Gasteiger partial charge < -0.3 is 9.73 Å². The van der Waals surface area contributed by atoms with Crippen molar-refractivity contribution in [3.05, 3.63) is 68.5 Å². The summed E-state index contributed by atoms with van der Waals surface area (Å²) in [5, 5.41) is 3.84. The van der Waals surface area contributed by atoms with Crippen molar-refractivity contribution in [3.8, 4) is 0 Å². The first-order valence-corrected chi connectivity index (χ1v) is 9.19. The Morgan fingerprint density at radius 2 is 1.84 bits per heavy atom. The highest BCUT2D eigenvalue weighted by Crippen LogP contribution is 2.30. The van der Waals surface area contributed by atoms with Gasteiger partial charge in [0.25, 0.3) is 10.0 Å². The van der Waals surface area contributed by atoms with Crippen molar-refractivity contribution in [3.63, 3.8) is 0 Å². The molecule has 0 radical (unpaired) electrons. The average Bonchev–Trinajstić information content (AvgIpc) is 2.54. The van der Waals surface area contributed by atoms with Crippen molar-refractivity contribution in [2.24, 2.45) is 4.40 Å². The van der Waals surface area contributed by atoms with E-state index in [0.29, 0.717) is 16.1 Å². The molecular weight excluding hydrogens is 387 g/mol. The Balaban J connectivity index is 1.96. The topological polar surface area (TPSA) is 88.7 Å². The van der Waals surface area contributed by atoms with Gasteiger partial charge >= 0.3 is 5.63 Å². The molecule has 3 aromatic rings. The van der Waals surface area contributed by atoms with Crippen molar-refractivity contribution in [2.45, 2.75) is 4.90 Å². The van der Waals surface area contributed by atoms with Crippen LogP contribution in [0, 0.1) is 0 Å². The van der Waals surface area contributed by atoms with Gasteiger partial charge in [-0.3, -0.25) is 0 Å². The summed E-state index contributed by atoms with van der Waals surface area (Å²) >= 11 is 12.0. The number of nitrogens with zero attached hydrogens (tertiary/aromatic N) is 1. The zero-order chi connectivity index (χ0) is 17.8. The number of hydrogen-bond donors (Lipinski definition) is 1. The highest BCUT2D eigenvalue weighted by molar-refractivity contribution is 7.90. The molecule has 1 N–H and O–H groups in total. The lowest BCUT2D eigenvalue weighted by Crippen LogP contribution is -2.27. The van der Waals surface area contributed by atoms with Crippen molar-refractivity contribution < 1.29 is 12.8 Å². The highest BCUT2D eigenvalue weighted by atomic mass is 35.5. The molecule has 25 heavy (non-hydrogen) atoms. The van der Waals surface area contributed by atoms with Gasteiger partial charge in [0.1, 0.15) is 10.5 Å². The second kappa shape index (κ2) is 5.59. The van der Waals surface area contributed by atoms with E-state index in [-0.39, 0.29) is 26.9 Å². The minimum Gasteiger partial charge on any atom is -0.421 e. The monoisotopic (exact) mass is 394 g/mol. The Morgan fingerprint density at radius 1 is 1.08 bits per heavy atom. The van der Waals surface area contributed by atoms with Crippen LogP contribution in [0.2, 0.25) is 10.0 Å². The van der Waals surface area contributed by atoms with E-state index in [1.165, 1.54) is 18.2 Å². The smallest absolute Gasteiger partial charge is 0.347 e. The minimum atomic E-state index is -3.93. The number of halogens is 2. The summed E-state index contributed by atoms with van der Waals surface area (Å²) in [5.41, 5.74) is -0.308. The number of nitrogens with one attached hydrogen (secondary N) is 1. The second-order valence-corrected chi connectivity index (χ2v) is 7.71. The lowest BCUT2D eigenvalue weighted by Gasteiger charge is -2.17. The fraction of sp³-hybridized carbons (Fsp3) is 0. The molecule has 0 fully saturated rings. The molecule has 1 aliphatic rings. The molecule has 0 aliphatic carbocycles. The fourth-order valence-electron chi connectivity index (χ4n) is 2.55. The van der Waals surface area contributed by atoms with E-state index in [2.05, 4.69) is 9.71 Å². The zero-order valence-electron chi connectivity index (χ0n) is 12.3. The summed E-state index contributed by atoms with van der Waals surface area (Å²) < 4.78 is 33.6. The summed E-state index contributed by atoms with van der Waals surface area (Å²) in [5.74, 6) is -0.120. The maximum atomic E-state index is 12.3. The van der Waals surface area contributed by atoms with Crippen LogP contribution in [0.5, 0.6) is 0 Å². The van der Waals surface area contributed by atoms with Crippen molar-refractivity contribution in [2.75, 3.05) is 5.32 Å². The van der Waals surface area contributed by atoms with Crippen molar-refractivity contribution in [1.82, 2.24) is 0 Å². The van der Waals surface area contributed by atoms with Gasteiger partial charge in [-0.05, 0) is 30.3 Å². The molecule has 2 heterocycles. The van der Waals surface area contributed by atoms with Gasteiger partial charge in [0.05, 0.1) is 10.7 Å². The Bertz CT molecular complexity index is 1230. The van der Waals surface area contributed by atoms with Crippen LogP contribution >= 0.6 is 23.2 Å². The van der Waals surface area contributed by atoms with Gasteiger partial charge in [0.15, 0.2) is 11.4 Å². The van der Waals surface area contributed by atoms with Crippen LogP contribution < -0.4 is 10.9 Å². The van der Waals surface area contributed by atoms with Gasteiger partial charge in [0, 0.05) is 10.4 Å². The molecule has 0 unspecified atom stereocenters. The first-order valence-electron chi connectivity index (χ1n) is 6.99. The SMILES string of the molecule is O=c1oc2c(Cl)cc(Cl)cc2cc1C1=NS(=O)(=O)c2ccccc2N1. The van der Waals surface area contributed by atoms with E-state index in [1.54, 1.807) is 24.3 Å². The zero-order valence-corrected chi connectivity index (χ0v) is 14.6. The van der Waals surface area contributed by atoms with Crippen LogP contribution in [-0.4, -0.2) is 14.3 Å². The maximum Gasteiger partial charge on any atom is 0.347 e. The lowest BCUT2D eigenvalue weighted by molar-refractivity contribution is 0.559. The number of rotatable bonds is 1. The third-order valence-electron chi connectivity index (χ3n) is 3.64. The quantitative estimate of drug-likeness (QED) is 0.636. The molecule has 0 bridgehead atoms. The molecule has 6 nitrogen and oxygen atoms in total. The van der Waals surface area contributed by atoms with Gasteiger partial charge in [-0.25, -0.2) is 4.79 Å². The molecule has 0 atom stereocenters. The predicted octanol–water partition coefficient (Wildman–Crippen LogP) is 3.66. The molecule has 0 amide bonds. The Labute approximate surface area is 151 Å². The molecule has 0 saturated carbocycles. The number of para-hydroxylation sites is 1. The number of benzene rings is 2. The van der Waals surface area contributed by atoms with Crippen LogP contribution in [0.15, 0.2) is 61.0 Å². The van der Waals surface area contributed by atoms with Crippen molar-refractivity contribution in [1.29, 1.82) is 0 Å². The largest absolute Gasteiger partial charge is 0.421 e. The third-order valence-corrected chi connectivity index (χ3v) is 5.47. The Kier molecular flexibility index (Phi) is 3.61. The number of hydrogen-bond acceptors (Lipinski definition) is 5. The minimum absolute atomic E-state index is 0.0371. The van der Waals surface area contributed by atoms with E-state index in [1.807, 2.05) is 0 Å². The van der Waals surface area contributed by atoms with Gasteiger partial charge in [0.2, 0.25) is 0 Å². The summed E-state index contributed by atoms with van der Waals surface area (Å²) in [6, 6.07) is 10.7. The van der Waals surface area contributed by atoms with E-state index in [4.69, 9.17) is 27.6 Å². The normalized spacial score (nSPS) is 15.4. The number of amidine groups is 1. The Morgan fingerprint density at radius 3 is 2.64 bits per heavy atom. The van der Waals surface area contributed by atoms with Gasteiger partial charge in [-0.2, -0.15) is 8.42 Å². The molecule has 1 aliphatic heterocycles. The molecule has 9 heteroatoms. The highest BCUT2D eigenvalue weighted by Gasteiger charge is 2.27. The van der Waals surface area contributed by atoms with E-state index in [0.717, 1.165) is 0 Å². The number of fused-ring (bicyclic) bond motifs is 2. The summed E-state index contributed by atoms with van der Waals surface area (Å²) in [6.45, 7) is 0. The third kappa shape index (κ3) is 2.70. The van der Waals surface area contributed by atoms with Crippen molar-refractivity contribution >= 4 is 55.7 Å². The first kappa shape index (κ1) is 16.1. The van der Waals surface area contributed by atoms with Crippen LogP contribution in [0.25, 0.3) is 11.0 Å². The summed E-state index contributed by atoms with van der Waals surface area (Å²) in [7, 11) is -3.93. The molecule has 1 aromatic heterocycles. The van der Waals surface area contributed by atoms with E-state index >= 15 is 0 Å². The van der Waals surface area contributed by atoms with E-state index in [9.17, 15) is 13.2 Å². The molecule has 0 saturated heterocycles.